The number of carbonyl (C=O) groups excluding carboxylic acids is 2. The number of rotatable bonds is 10. The van der Waals surface area contributed by atoms with Crippen LogP contribution in [-0.2, 0) is 14.4 Å². The number of amides is 2. The summed E-state index contributed by atoms with van der Waals surface area (Å²) in [6, 6.07) is 13.6. The highest BCUT2D eigenvalue weighted by Crippen LogP contribution is 2.30. The molecule has 1 fully saturated rings. The first-order valence-corrected chi connectivity index (χ1v) is 10.9. The van der Waals surface area contributed by atoms with Gasteiger partial charge in [0.1, 0.15) is 5.75 Å². The van der Waals surface area contributed by atoms with E-state index in [1.165, 1.54) is 0 Å². The van der Waals surface area contributed by atoms with Gasteiger partial charge in [0, 0.05) is 22.6 Å². The number of carbonyl (C=O) groups is 3. The SMILES string of the molecule is CSc1ccc([C@@H](CC(=O)O)NC(=O)COc2cccc(NC(=O)C3CC3)c2)cc1. The summed E-state index contributed by atoms with van der Waals surface area (Å²) in [5, 5.41) is 14.7. The molecular formula is C22H24N2O5S. The van der Waals surface area contributed by atoms with Gasteiger partial charge in [-0.3, -0.25) is 14.4 Å². The summed E-state index contributed by atoms with van der Waals surface area (Å²) >= 11 is 1.58. The van der Waals surface area contributed by atoms with Crippen LogP contribution in [-0.4, -0.2) is 35.8 Å². The molecular weight excluding hydrogens is 404 g/mol. The van der Waals surface area contributed by atoms with Crippen molar-refractivity contribution >= 4 is 35.2 Å². The Morgan fingerprint density at radius 3 is 2.53 bits per heavy atom. The van der Waals surface area contributed by atoms with Crippen LogP contribution >= 0.6 is 11.8 Å². The lowest BCUT2D eigenvalue weighted by atomic mass is 10.0. The number of ether oxygens (including phenoxy) is 1. The zero-order valence-electron chi connectivity index (χ0n) is 16.6. The molecule has 0 heterocycles. The Bertz CT molecular complexity index is 912. The van der Waals surface area contributed by atoms with E-state index in [9.17, 15) is 19.5 Å². The van der Waals surface area contributed by atoms with Crippen LogP contribution in [0.5, 0.6) is 5.75 Å². The van der Waals surface area contributed by atoms with Gasteiger partial charge in [-0.05, 0) is 48.9 Å². The second-order valence-electron chi connectivity index (χ2n) is 7.07. The second-order valence-corrected chi connectivity index (χ2v) is 7.95. The van der Waals surface area contributed by atoms with E-state index in [1.54, 1.807) is 36.0 Å². The van der Waals surface area contributed by atoms with Gasteiger partial charge in [0.15, 0.2) is 6.61 Å². The summed E-state index contributed by atoms with van der Waals surface area (Å²) in [6.07, 6.45) is 3.56. The molecule has 0 aliphatic heterocycles. The average Bonchev–Trinajstić information content (AvgIpc) is 3.57. The van der Waals surface area contributed by atoms with Crippen molar-refractivity contribution in [3.63, 3.8) is 0 Å². The van der Waals surface area contributed by atoms with Crippen LogP contribution in [0.2, 0.25) is 0 Å². The zero-order valence-corrected chi connectivity index (χ0v) is 17.4. The summed E-state index contributed by atoms with van der Waals surface area (Å²) in [5.74, 6) is -0.903. The Hall–Kier alpha value is -3.00. The van der Waals surface area contributed by atoms with Gasteiger partial charge >= 0.3 is 5.97 Å². The van der Waals surface area contributed by atoms with E-state index in [0.29, 0.717) is 17.0 Å². The molecule has 3 N–H and O–H groups in total. The van der Waals surface area contributed by atoms with Gasteiger partial charge in [0.2, 0.25) is 5.91 Å². The third-order valence-corrected chi connectivity index (χ3v) is 5.40. The Labute approximate surface area is 179 Å². The van der Waals surface area contributed by atoms with E-state index in [1.807, 2.05) is 30.5 Å². The highest BCUT2D eigenvalue weighted by atomic mass is 32.2. The number of carboxylic acid groups (broad SMARTS) is 1. The molecule has 1 saturated carbocycles. The fraction of sp³-hybridized carbons (Fsp3) is 0.318. The Kier molecular flexibility index (Phi) is 7.35. The number of anilines is 1. The number of thioether (sulfide) groups is 1. The number of aliphatic carboxylic acids is 1. The molecule has 0 unspecified atom stereocenters. The smallest absolute Gasteiger partial charge is 0.305 e. The first-order valence-electron chi connectivity index (χ1n) is 9.63. The highest BCUT2D eigenvalue weighted by Gasteiger charge is 2.29. The Balaban J connectivity index is 1.57. The summed E-state index contributed by atoms with van der Waals surface area (Å²) in [7, 11) is 0. The number of carboxylic acids is 1. The van der Waals surface area contributed by atoms with Crippen LogP contribution in [0.25, 0.3) is 0 Å². The van der Waals surface area contributed by atoms with Crippen LogP contribution in [0.4, 0.5) is 5.69 Å². The van der Waals surface area contributed by atoms with Crippen molar-refractivity contribution in [3.8, 4) is 5.75 Å². The number of nitrogens with one attached hydrogen (secondary N) is 2. The standard InChI is InChI=1S/C22H24N2O5S/c1-30-18-9-7-14(8-10-18)19(12-21(26)27)24-20(25)13-29-17-4-2-3-16(11-17)23-22(28)15-5-6-15/h2-4,7-11,15,19H,5-6,12-13H2,1H3,(H,23,28)(H,24,25)(H,26,27)/t19-/m1/s1. The van der Waals surface area contributed by atoms with E-state index in [0.717, 1.165) is 17.7 Å². The van der Waals surface area contributed by atoms with Crippen LogP contribution in [0.3, 0.4) is 0 Å². The minimum Gasteiger partial charge on any atom is -0.484 e. The molecule has 0 spiro atoms. The van der Waals surface area contributed by atoms with E-state index in [4.69, 9.17) is 4.74 Å². The van der Waals surface area contributed by atoms with Crippen molar-refractivity contribution in [2.75, 3.05) is 18.2 Å². The summed E-state index contributed by atoms with van der Waals surface area (Å²) in [4.78, 5) is 36.5. The quantitative estimate of drug-likeness (QED) is 0.501. The fourth-order valence-corrected chi connectivity index (χ4v) is 3.31. The molecule has 2 aromatic rings. The minimum atomic E-state index is -1.01. The third kappa shape index (κ3) is 6.52. The maximum atomic E-state index is 12.4. The molecule has 158 valence electrons. The molecule has 8 heteroatoms. The highest BCUT2D eigenvalue weighted by molar-refractivity contribution is 7.98. The molecule has 1 aliphatic rings. The maximum Gasteiger partial charge on any atom is 0.305 e. The molecule has 3 rings (SSSR count). The normalized spacial score (nSPS) is 13.9. The predicted octanol–water partition coefficient (Wildman–Crippen LogP) is 3.47. The van der Waals surface area contributed by atoms with Gasteiger partial charge in [-0.2, -0.15) is 0 Å². The van der Waals surface area contributed by atoms with Crippen LogP contribution in [0.1, 0.15) is 30.9 Å². The lowest BCUT2D eigenvalue weighted by Gasteiger charge is -2.18. The van der Waals surface area contributed by atoms with Gasteiger partial charge in [-0.1, -0.05) is 18.2 Å². The predicted molar refractivity (Wildman–Crippen MR) is 115 cm³/mol. The molecule has 2 amide bonds. The van der Waals surface area contributed by atoms with Crippen LogP contribution < -0.4 is 15.4 Å². The van der Waals surface area contributed by atoms with Gasteiger partial charge < -0.3 is 20.5 Å². The summed E-state index contributed by atoms with van der Waals surface area (Å²) in [6.45, 7) is -0.265. The zero-order chi connectivity index (χ0) is 21.5. The third-order valence-electron chi connectivity index (χ3n) is 4.65. The number of hydrogen-bond donors (Lipinski definition) is 3. The van der Waals surface area contributed by atoms with E-state index in [-0.39, 0.29) is 24.9 Å². The monoisotopic (exact) mass is 428 g/mol. The molecule has 1 atom stereocenters. The summed E-state index contributed by atoms with van der Waals surface area (Å²) < 4.78 is 5.53. The Morgan fingerprint density at radius 2 is 1.90 bits per heavy atom. The molecule has 0 aromatic heterocycles. The van der Waals surface area contributed by atoms with Crippen LogP contribution in [0, 0.1) is 5.92 Å². The topological polar surface area (TPSA) is 105 Å². The van der Waals surface area contributed by atoms with E-state index >= 15 is 0 Å². The van der Waals surface area contributed by atoms with Crippen molar-refractivity contribution in [2.24, 2.45) is 5.92 Å². The summed E-state index contributed by atoms with van der Waals surface area (Å²) in [5.41, 5.74) is 1.33. The Morgan fingerprint density at radius 1 is 1.17 bits per heavy atom. The molecule has 0 bridgehead atoms. The van der Waals surface area contributed by atoms with Gasteiger partial charge in [0.25, 0.3) is 5.91 Å². The van der Waals surface area contributed by atoms with Crippen LogP contribution in [0.15, 0.2) is 53.4 Å². The van der Waals surface area contributed by atoms with Crippen molar-refractivity contribution < 1.29 is 24.2 Å². The van der Waals surface area contributed by atoms with E-state index < -0.39 is 17.9 Å². The lowest BCUT2D eigenvalue weighted by molar-refractivity contribution is -0.137. The molecule has 0 saturated heterocycles. The molecule has 7 nitrogen and oxygen atoms in total. The number of hydrogen-bond acceptors (Lipinski definition) is 5. The van der Waals surface area contributed by atoms with E-state index in [2.05, 4.69) is 10.6 Å². The number of benzene rings is 2. The van der Waals surface area contributed by atoms with Crippen molar-refractivity contribution in [2.45, 2.75) is 30.2 Å². The molecule has 0 radical (unpaired) electrons. The fourth-order valence-electron chi connectivity index (χ4n) is 2.90. The minimum absolute atomic E-state index is 0.00565. The second kappa shape index (κ2) is 10.2. The first-order chi connectivity index (χ1) is 14.4. The molecule has 1 aliphatic carbocycles. The molecule has 2 aromatic carbocycles. The lowest BCUT2D eigenvalue weighted by Crippen LogP contribution is -2.33. The van der Waals surface area contributed by atoms with Gasteiger partial charge in [-0.25, -0.2) is 0 Å². The van der Waals surface area contributed by atoms with Gasteiger partial charge in [-0.15, -0.1) is 11.8 Å². The average molecular weight is 429 g/mol. The largest absolute Gasteiger partial charge is 0.484 e. The van der Waals surface area contributed by atoms with Crippen molar-refractivity contribution in [3.05, 3.63) is 54.1 Å². The van der Waals surface area contributed by atoms with Crippen molar-refractivity contribution in [1.82, 2.24) is 5.32 Å². The maximum absolute atomic E-state index is 12.4. The van der Waals surface area contributed by atoms with Gasteiger partial charge in [0.05, 0.1) is 12.5 Å². The van der Waals surface area contributed by atoms with Crippen molar-refractivity contribution in [1.29, 1.82) is 0 Å². The molecule has 30 heavy (non-hydrogen) atoms. The first kappa shape index (κ1) is 21.7.